The molecule has 0 aliphatic carbocycles. The van der Waals surface area contributed by atoms with E-state index in [9.17, 15) is 0 Å². The summed E-state index contributed by atoms with van der Waals surface area (Å²) in [5.41, 5.74) is 4.96. The van der Waals surface area contributed by atoms with Gasteiger partial charge in [-0.05, 0) is 70.7 Å². The maximum atomic E-state index is 5.81. The molecular formula is C20H31ClN2O2. The highest BCUT2D eigenvalue weighted by molar-refractivity contribution is 6.17. The summed E-state index contributed by atoms with van der Waals surface area (Å²) >= 11 is 5.68. The van der Waals surface area contributed by atoms with Gasteiger partial charge in [0.25, 0.3) is 0 Å². The lowest BCUT2D eigenvalue weighted by Gasteiger charge is -2.28. The zero-order valence-corrected chi connectivity index (χ0v) is 16.4. The number of piperidine rings is 1. The summed E-state index contributed by atoms with van der Waals surface area (Å²) in [6.45, 7) is 8.94. The van der Waals surface area contributed by atoms with Crippen LogP contribution in [0.25, 0.3) is 5.70 Å². The first-order valence-electron chi connectivity index (χ1n) is 9.17. The van der Waals surface area contributed by atoms with Crippen LogP contribution < -0.4 is 10.2 Å². The molecule has 0 radical (unpaired) electrons. The zero-order chi connectivity index (χ0) is 18.1. The Morgan fingerprint density at radius 2 is 1.84 bits per heavy atom. The molecule has 0 bridgehead atoms. The smallest absolute Gasteiger partial charge is 0.119 e. The van der Waals surface area contributed by atoms with Gasteiger partial charge in [-0.1, -0.05) is 0 Å². The molecule has 25 heavy (non-hydrogen) atoms. The van der Waals surface area contributed by atoms with Crippen LogP contribution in [-0.4, -0.2) is 36.1 Å². The molecule has 1 heterocycles. The van der Waals surface area contributed by atoms with Gasteiger partial charge in [0.05, 0.1) is 17.9 Å². The summed E-state index contributed by atoms with van der Waals surface area (Å²) in [5.74, 6) is 1.48. The number of hydrogen-bond donors (Lipinski definition) is 1. The minimum absolute atomic E-state index is 0.258. The second-order valence-electron chi connectivity index (χ2n) is 7.37. The first-order valence-corrected chi connectivity index (χ1v) is 9.70. The van der Waals surface area contributed by atoms with Crippen molar-refractivity contribution in [2.75, 3.05) is 25.6 Å². The number of rotatable bonds is 8. The molecule has 1 N–H and O–H groups in total. The van der Waals surface area contributed by atoms with Crippen molar-refractivity contribution >= 4 is 17.3 Å². The monoisotopic (exact) mass is 366 g/mol. The van der Waals surface area contributed by atoms with E-state index in [2.05, 4.69) is 28.7 Å². The third-order valence-electron chi connectivity index (χ3n) is 3.88. The van der Waals surface area contributed by atoms with Crippen LogP contribution in [0.5, 0.6) is 5.75 Å². The van der Waals surface area contributed by atoms with Gasteiger partial charge in [0.2, 0.25) is 0 Å². The summed E-state index contributed by atoms with van der Waals surface area (Å²) in [7, 11) is 0. The van der Waals surface area contributed by atoms with Crippen LogP contribution in [0, 0.1) is 0 Å². The van der Waals surface area contributed by atoms with Crippen LogP contribution in [0.3, 0.4) is 0 Å². The lowest BCUT2D eigenvalue weighted by molar-refractivity contribution is -0.0474. The molecule has 1 aliphatic rings. The molecule has 2 rings (SSSR count). The quantitative estimate of drug-likeness (QED) is 0.407. The summed E-state index contributed by atoms with van der Waals surface area (Å²) in [6, 6.07) is 8.11. The lowest BCUT2D eigenvalue weighted by Crippen LogP contribution is -2.30. The molecule has 0 amide bonds. The van der Waals surface area contributed by atoms with E-state index in [1.54, 1.807) is 0 Å². The van der Waals surface area contributed by atoms with Crippen molar-refractivity contribution in [2.45, 2.75) is 52.1 Å². The minimum atomic E-state index is -0.258. The van der Waals surface area contributed by atoms with E-state index in [0.717, 1.165) is 36.5 Å². The van der Waals surface area contributed by atoms with Crippen molar-refractivity contribution in [1.82, 2.24) is 10.4 Å². The Balaban J connectivity index is 2.08. The predicted octanol–water partition coefficient (Wildman–Crippen LogP) is 4.80. The van der Waals surface area contributed by atoms with Crippen molar-refractivity contribution in [2.24, 2.45) is 0 Å². The summed E-state index contributed by atoms with van der Waals surface area (Å²) in [5, 5.41) is 0. The average molecular weight is 367 g/mol. The molecule has 140 valence electrons. The average Bonchev–Trinajstić information content (AvgIpc) is 2.60. The van der Waals surface area contributed by atoms with Crippen LogP contribution in [0.15, 0.2) is 30.5 Å². The van der Waals surface area contributed by atoms with Crippen molar-refractivity contribution in [3.8, 4) is 5.75 Å². The first kappa shape index (κ1) is 19.9. The zero-order valence-electron chi connectivity index (χ0n) is 15.7. The van der Waals surface area contributed by atoms with Gasteiger partial charge in [-0.3, -0.25) is 10.3 Å². The molecule has 1 aromatic rings. The van der Waals surface area contributed by atoms with Gasteiger partial charge in [-0.25, -0.2) is 0 Å². The third-order valence-corrected chi connectivity index (χ3v) is 4.15. The van der Waals surface area contributed by atoms with Gasteiger partial charge >= 0.3 is 0 Å². The van der Waals surface area contributed by atoms with Gasteiger partial charge in [-0.2, -0.15) is 0 Å². The third kappa shape index (κ3) is 7.57. The normalized spacial score (nSPS) is 16.0. The Bertz CT molecular complexity index is 532. The number of likely N-dealkylation sites (tertiary alicyclic amines) is 1. The highest BCUT2D eigenvalue weighted by atomic mass is 35.5. The highest BCUT2D eigenvalue weighted by Crippen LogP contribution is 2.20. The molecule has 5 heteroatoms. The first-order chi connectivity index (χ1) is 12.0. The minimum Gasteiger partial charge on any atom is -0.494 e. The number of nitrogens with zero attached hydrogens (tertiary/aromatic N) is 1. The fraction of sp³-hybridized carbons (Fsp3) is 0.600. The number of ether oxygens (including phenoxy) is 1. The van der Waals surface area contributed by atoms with Crippen LogP contribution in [0.2, 0.25) is 0 Å². The summed E-state index contributed by atoms with van der Waals surface area (Å²) < 4.78 is 5.68. The molecule has 1 saturated heterocycles. The maximum absolute atomic E-state index is 5.81. The van der Waals surface area contributed by atoms with Gasteiger partial charge in [0.1, 0.15) is 5.75 Å². The van der Waals surface area contributed by atoms with Gasteiger partial charge in [-0.15, -0.1) is 11.6 Å². The van der Waals surface area contributed by atoms with Crippen molar-refractivity contribution in [3.05, 3.63) is 36.0 Å². The van der Waals surface area contributed by atoms with E-state index in [0.29, 0.717) is 12.5 Å². The molecule has 0 unspecified atom stereocenters. The fourth-order valence-corrected chi connectivity index (χ4v) is 2.68. The van der Waals surface area contributed by atoms with Crippen LogP contribution in [0.1, 0.15) is 52.0 Å². The second-order valence-corrected chi connectivity index (χ2v) is 7.75. The van der Waals surface area contributed by atoms with Crippen LogP contribution in [-0.2, 0) is 4.84 Å². The molecular weight excluding hydrogens is 336 g/mol. The molecule has 0 spiro atoms. The molecule has 4 nitrogen and oxygen atoms in total. The number of nitrogens with one attached hydrogen (secondary N) is 1. The standard InChI is InChI=1S/C20H31ClN2O2/c1-20(2,3)25-22-19(16-23-13-5-4-6-14-23)17-8-10-18(11-9-17)24-15-7-12-21/h8-11,16,22H,4-7,12-15H2,1-3H3. The Hall–Kier alpha value is -1.39. The lowest BCUT2D eigenvalue weighted by atomic mass is 10.1. The van der Waals surface area contributed by atoms with E-state index < -0.39 is 0 Å². The molecule has 0 saturated carbocycles. The summed E-state index contributed by atoms with van der Waals surface area (Å²) in [4.78, 5) is 8.17. The van der Waals surface area contributed by atoms with Crippen LogP contribution in [0.4, 0.5) is 0 Å². The molecule has 1 aliphatic heterocycles. The maximum Gasteiger partial charge on any atom is 0.119 e. The molecule has 1 fully saturated rings. The van der Waals surface area contributed by atoms with E-state index in [4.69, 9.17) is 21.2 Å². The van der Waals surface area contributed by atoms with Crippen molar-refractivity contribution in [3.63, 3.8) is 0 Å². The van der Waals surface area contributed by atoms with E-state index in [1.807, 2.05) is 32.9 Å². The predicted molar refractivity (Wildman–Crippen MR) is 105 cm³/mol. The molecule has 0 atom stereocenters. The van der Waals surface area contributed by atoms with Gasteiger partial charge in [0, 0.05) is 30.7 Å². The number of hydrogen-bond acceptors (Lipinski definition) is 4. The number of benzene rings is 1. The van der Waals surface area contributed by atoms with Crippen molar-refractivity contribution in [1.29, 1.82) is 0 Å². The highest BCUT2D eigenvalue weighted by Gasteiger charge is 2.14. The Morgan fingerprint density at radius 1 is 1.16 bits per heavy atom. The number of alkyl halides is 1. The summed E-state index contributed by atoms with van der Waals surface area (Å²) in [6.07, 6.45) is 6.84. The Morgan fingerprint density at radius 3 is 2.44 bits per heavy atom. The number of halogens is 1. The molecule has 1 aromatic carbocycles. The Kier molecular flexibility index (Phi) is 7.91. The SMILES string of the molecule is CC(C)(C)ONC(=CN1CCCCC1)c1ccc(OCCCCl)cc1. The van der Waals surface area contributed by atoms with E-state index >= 15 is 0 Å². The number of hydroxylamine groups is 1. The van der Waals surface area contributed by atoms with Gasteiger partial charge < -0.3 is 9.64 Å². The second kappa shape index (κ2) is 9.93. The van der Waals surface area contributed by atoms with Gasteiger partial charge in [0.15, 0.2) is 0 Å². The largest absolute Gasteiger partial charge is 0.494 e. The topological polar surface area (TPSA) is 33.7 Å². The van der Waals surface area contributed by atoms with E-state index in [1.165, 1.54) is 19.3 Å². The molecule has 0 aromatic heterocycles. The Labute approximate surface area is 157 Å². The van der Waals surface area contributed by atoms with E-state index in [-0.39, 0.29) is 5.60 Å². The van der Waals surface area contributed by atoms with Crippen LogP contribution >= 0.6 is 11.6 Å². The fourth-order valence-electron chi connectivity index (χ4n) is 2.57. The van der Waals surface area contributed by atoms with Crippen molar-refractivity contribution < 1.29 is 9.57 Å².